The number of azo groups is 1. The minimum absolute atomic E-state index is 0.0500. The molecule has 0 unspecified atom stereocenters. The zero-order chi connectivity index (χ0) is 20.4. The fraction of sp³-hybridized carbons (Fsp3) is 0.263. The Morgan fingerprint density at radius 1 is 1.07 bits per heavy atom. The van der Waals surface area contributed by atoms with Crippen LogP contribution in [0, 0.1) is 0 Å². The summed E-state index contributed by atoms with van der Waals surface area (Å²) in [6.07, 6.45) is 3.39. The van der Waals surface area contributed by atoms with E-state index >= 15 is 0 Å². The summed E-state index contributed by atoms with van der Waals surface area (Å²) in [5.41, 5.74) is 0.439. The Balaban J connectivity index is 1.86. The molecule has 9 heteroatoms. The van der Waals surface area contributed by atoms with E-state index in [-0.39, 0.29) is 23.0 Å². The Labute approximate surface area is 169 Å². The minimum Gasteiger partial charge on any atom is -0.494 e. The van der Waals surface area contributed by atoms with Gasteiger partial charge in [-0.15, -0.1) is 10.2 Å². The van der Waals surface area contributed by atoms with Gasteiger partial charge in [-0.05, 0) is 46.6 Å². The van der Waals surface area contributed by atoms with Crippen molar-refractivity contribution in [1.29, 1.82) is 0 Å². The highest BCUT2D eigenvalue weighted by Crippen LogP contribution is 2.37. The van der Waals surface area contributed by atoms with Crippen LogP contribution in [0.4, 0.5) is 0 Å². The molecule has 0 saturated carbocycles. The molecule has 0 bridgehead atoms. The number of halogens is 1. The average molecular weight is 447 g/mol. The third kappa shape index (κ3) is 3.70. The van der Waals surface area contributed by atoms with Crippen molar-refractivity contribution in [3.8, 4) is 11.8 Å². The number of carbonyl (C=O) groups excluding carboxylic acids is 2. The number of aromatic nitrogens is 2. The molecule has 0 aliphatic heterocycles. The molecule has 0 atom stereocenters. The first-order valence-corrected chi connectivity index (χ1v) is 9.49. The Hall–Kier alpha value is -2.94. The van der Waals surface area contributed by atoms with Gasteiger partial charge >= 0.3 is 5.91 Å². The maximum absolute atomic E-state index is 12.3. The number of nitrogens with zero attached hydrogens (tertiary/aromatic N) is 4. The van der Waals surface area contributed by atoms with Crippen molar-refractivity contribution in [3.63, 3.8) is 0 Å². The first-order chi connectivity index (χ1) is 13.3. The lowest BCUT2D eigenvalue weighted by Gasteiger charge is -2.04. The Kier molecular flexibility index (Phi) is 5.64. The third-order valence-electron chi connectivity index (χ3n) is 4.42. The molecule has 3 rings (SSSR count). The van der Waals surface area contributed by atoms with E-state index < -0.39 is 11.8 Å². The minimum atomic E-state index is -0.719. The van der Waals surface area contributed by atoms with Crippen molar-refractivity contribution >= 4 is 38.5 Å². The molecule has 28 heavy (non-hydrogen) atoms. The number of hydrogen-bond acceptors (Lipinski definition) is 4. The van der Waals surface area contributed by atoms with Gasteiger partial charge in [0.1, 0.15) is 5.69 Å². The fourth-order valence-corrected chi connectivity index (χ4v) is 3.44. The van der Waals surface area contributed by atoms with Gasteiger partial charge in [-0.3, -0.25) is 14.2 Å². The van der Waals surface area contributed by atoms with Gasteiger partial charge in [-0.2, -0.15) is 0 Å². The van der Waals surface area contributed by atoms with E-state index in [1.807, 2.05) is 6.92 Å². The Morgan fingerprint density at radius 3 is 2.39 bits per heavy atom. The van der Waals surface area contributed by atoms with Crippen molar-refractivity contribution in [1.82, 2.24) is 9.13 Å². The van der Waals surface area contributed by atoms with E-state index in [9.17, 15) is 19.8 Å². The summed E-state index contributed by atoms with van der Waals surface area (Å²) < 4.78 is 3.69. The van der Waals surface area contributed by atoms with Gasteiger partial charge in [0.25, 0.3) is 5.91 Å². The molecular formula is C19H19BrN4O4. The second-order valence-corrected chi connectivity index (χ2v) is 7.29. The van der Waals surface area contributed by atoms with E-state index in [0.717, 1.165) is 12.8 Å². The molecule has 2 heterocycles. The number of hydrogen-bond donors (Lipinski definition) is 2. The van der Waals surface area contributed by atoms with Crippen LogP contribution in [0.2, 0.25) is 0 Å². The standard InChI is InChI=1S/C19H19BrN4O4/c1-3-4-7-24-18(27)13-6-5-11(8-14(13)19(24)28)16(25)21-22-17(26)15-9-12(20)10-23(15)2/h5-6,8-10,27-28H,3-4,7H2,1-2H3. The predicted octanol–water partition coefficient (Wildman–Crippen LogP) is 4.39. The molecule has 2 aromatic heterocycles. The molecule has 0 saturated heterocycles. The predicted molar refractivity (Wildman–Crippen MR) is 107 cm³/mol. The molecule has 0 spiro atoms. The van der Waals surface area contributed by atoms with Gasteiger partial charge in [0.2, 0.25) is 11.8 Å². The lowest BCUT2D eigenvalue weighted by Crippen LogP contribution is -2.03. The highest BCUT2D eigenvalue weighted by atomic mass is 79.9. The summed E-state index contributed by atoms with van der Waals surface area (Å²) in [6.45, 7) is 2.47. The molecule has 1 aromatic carbocycles. The number of benzene rings is 1. The SMILES string of the molecule is CCCCn1c(O)c2ccc(C(=O)N=NC(=O)c3cc(Br)cn3C)cc2c1O. The van der Waals surface area contributed by atoms with Gasteiger partial charge in [0.15, 0.2) is 0 Å². The van der Waals surface area contributed by atoms with Crippen LogP contribution in [0.25, 0.3) is 10.8 Å². The molecule has 3 aromatic rings. The van der Waals surface area contributed by atoms with Crippen LogP contribution in [0.15, 0.2) is 45.2 Å². The summed E-state index contributed by atoms with van der Waals surface area (Å²) in [5, 5.41) is 28.4. The topological polar surface area (TPSA) is 109 Å². The molecule has 0 aliphatic carbocycles. The van der Waals surface area contributed by atoms with Crippen LogP contribution >= 0.6 is 15.9 Å². The first-order valence-electron chi connectivity index (χ1n) is 8.70. The molecule has 0 fully saturated rings. The second-order valence-electron chi connectivity index (χ2n) is 6.38. The van der Waals surface area contributed by atoms with Crippen molar-refractivity contribution in [2.45, 2.75) is 26.3 Å². The normalized spacial score (nSPS) is 11.5. The number of rotatable bonds is 5. The summed E-state index contributed by atoms with van der Waals surface area (Å²) in [4.78, 5) is 24.4. The quantitative estimate of drug-likeness (QED) is 0.566. The molecule has 8 nitrogen and oxygen atoms in total. The highest BCUT2D eigenvalue weighted by Gasteiger charge is 2.18. The fourth-order valence-electron chi connectivity index (χ4n) is 2.91. The molecule has 146 valence electrons. The van der Waals surface area contributed by atoms with Gasteiger partial charge in [0.05, 0.1) is 0 Å². The molecule has 0 radical (unpaired) electrons. The van der Waals surface area contributed by atoms with E-state index in [2.05, 4.69) is 26.2 Å². The zero-order valence-electron chi connectivity index (χ0n) is 15.4. The van der Waals surface area contributed by atoms with Crippen molar-refractivity contribution in [2.75, 3.05) is 0 Å². The average Bonchev–Trinajstić information content (AvgIpc) is 3.14. The number of unbranched alkanes of at least 4 members (excludes halogenated alkanes) is 1. The van der Waals surface area contributed by atoms with Crippen LogP contribution in [0.1, 0.15) is 40.6 Å². The second kappa shape index (κ2) is 7.97. The largest absolute Gasteiger partial charge is 0.494 e. The summed E-state index contributed by atoms with van der Waals surface area (Å²) in [7, 11) is 1.68. The Bertz CT molecular complexity index is 1100. The van der Waals surface area contributed by atoms with Gasteiger partial charge in [-0.25, -0.2) is 0 Å². The molecule has 0 aliphatic rings. The van der Waals surface area contributed by atoms with E-state index in [4.69, 9.17) is 0 Å². The smallest absolute Gasteiger partial charge is 0.312 e. The van der Waals surface area contributed by atoms with Crippen LogP contribution in [0.5, 0.6) is 11.8 Å². The number of aryl methyl sites for hydroxylation is 1. The van der Waals surface area contributed by atoms with E-state index in [1.165, 1.54) is 22.8 Å². The van der Waals surface area contributed by atoms with Gasteiger partial charge in [0, 0.05) is 40.6 Å². The summed E-state index contributed by atoms with van der Waals surface area (Å²) in [5.74, 6) is -1.53. The zero-order valence-corrected chi connectivity index (χ0v) is 17.0. The summed E-state index contributed by atoms with van der Waals surface area (Å²) in [6, 6.07) is 6.01. The van der Waals surface area contributed by atoms with Crippen molar-refractivity contribution in [2.24, 2.45) is 17.3 Å². The maximum atomic E-state index is 12.3. The van der Waals surface area contributed by atoms with E-state index in [0.29, 0.717) is 21.8 Å². The molecule has 2 amide bonds. The first kappa shape index (κ1) is 19.8. The Morgan fingerprint density at radius 2 is 1.75 bits per heavy atom. The van der Waals surface area contributed by atoms with Gasteiger partial charge in [-0.1, -0.05) is 13.3 Å². The third-order valence-corrected chi connectivity index (χ3v) is 4.85. The number of carbonyl (C=O) groups is 2. The number of amides is 2. The van der Waals surface area contributed by atoms with Crippen LogP contribution in [0.3, 0.4) is 0 Å². The maximum Gasteiger partial charge on any atom is 0.312 e. The van der Waals surface area contributed by atoms with Crippen LogP contribution in [-0.2, 0) is 13.6 Å². The van der Waals surface area contributed by atoms with Crippen LogP contribution < -0.4 is 0 Å². The molecule has 2 N–H and O–H groups in total. The lowest BCUT2D eigenvalue weighted by molar-refractivity contribution is 0.0942. The van der Waals surface area contributed by atoms with Crippen molar-refractivity contribution < 1.29 is 19.8 Å². The van der Waals surface area contributed by atoms with Crippen LogP contribution in [-0.4, -0.2) is 31.2 Å². The summed E-state index contributed by atoms with van der Waals surface area (Å²) >= 11 is 3.26. The number of aromatic hydroxyl groups is 2. The number of fused-ring (bicyclic) bond motifs is 1. The van der Waals surface area contributed by atoms with E-state index in [1.54, 1.807) is 23.9 Å². The lowest BCUT2D eigenvalue weighted by atomic mass is 10.1. The van der Waals surface area contributed by atoms with Gasteiger partial charge < -0.3 is 14.8 Å². The highest BCUT2D eigenvalue weighted by molar-refractivity contribution is 9.10. The van der Waals surface area contributed by atoms with Crippen molar-refractivity contribution in [3.05, 3.63) is 46.2 Å². The molecular weight excluding hydrogens is 428 g/mol. The monoisotopic (exact) mass is 446 g/mol.